The normalized spacial score (nSPS) is 19.2. The van der Waals surface area contributed by atoms with E-state index in [1.54, 1.807) is 13.0 Å². The lowest BCUT2D eigenvalue weighted by atomic mass is 10.00. The van der Waals surface area contributed by atoms with Gasteiger partial charge in [0, 0.05) is 10.6 Å². The Balaban J connectivity index is 2.13. The molecular formula is C14H17ClFNO2. The number of aliphatic hydroxyl groups is 1. The van der Waals surface area contributed by atoms with Gasteiger partial charge in [-0.1, -0.05) is 17.7 Å². The number of amides is 1. The highest BCUT2D eigenvalue weighted by Crippen LogP contribution is 2.31. The van der Waals surface area contributed by atoms with Crippen LogP contribution in [-0.4, -0.2) is 16.6 Å². The molecule has 1 aromatic rings. The van der Waals surface area contributed by atoms with Crippen molar-refractivity contribution in [3.05, 3.63) is 34.6 Å². The summed E-state index contributed by atoms with van der Waals surface area (Å²) in [6.07, 6.45) is 2.57. The number of hydrogen-bond donors (Lipinski definition) is 2. The molecule has 2 rings (SSSR count). The highest BCUT2D eigenvalue weighted by atomic mass is 35.5. The van der Waals surface area contributed by atoms with E-state index >= 15 is 0 Å². The van der Waals surface area contributed by atoms with Crippen LogP contribution in [0.2, 0.25) is 5.02 Å². The predicted molar refractivity (Wildman–Crippen MR) is 71.4 cm³/mol. The van der Waals surface area contributed by atoms with Crippen molar-refractivity contribution in [3.63, 3.8) is 0 Å². The monoisotopic (exact) mass is 285 g/mol. The van der Waals surface area contributed by atoms with Crippen molar-refractivity contribution in [1.29, 1.82) is 0 Å². The second-order valence-electron chi connectivity index (χ2n) is 5.07. The summed E-state index contributed by atoms with van der Waals surface area (Å²) in [5.74, 6) is -0.907. The summed E-state index contributed by atoms with van der Waals surface area (Å²) in [5, 5.41) is 13.1. The van der Waals surface area contributed by atoms with Crippen molar-refractivity contribution in [3.8, 4) is 0 Å². The van der Waals surface area contributed by atoms with Crippen LogP contribution in [0.4, 0.5) is 4.39 Å². The summed E-state index contributed by atoms with van der Waals surface area (Å²) >= 11 is 5.95. The van der Waals surface area contributed by atoms with Crippen molar-refractivity contribution in [2.45, 2.75) is 44.2 Å². The van der Waals surface area contributed by atoms with E-state index < -0.39 is 23.4 Å². The van der Waals surface area contributed by atoms with E-state index in [1.165, 1.54) is 12.1 Å². The van der Waals surface area contributed by atoms with E-state index in [2.05, 4.69) is 5.32 Å². The van der Waals surface area contributed by atoms with Gasteiger partial charge in [-0.25, -0.2) is 4.39 Å². The quantitative estimate of drug-likeness (QED) is 0.897. The van der Waals surface area contributed by atoms with Crippen LogP contribution >= 0.6 is 11.6 Å². The number of carbonyl (C=O) groups is 1. The summed E-state index contributed by atoms with van der Waals surface area (Å²) in [6, 6.07) is 3.81. The third kappa shape index (κ3) is 2.90. The first-order valence-electron chi connectivity index (χ1n) is 6.41. The van der Waals surface area contributed by atoms with Gasteiger partial charge < -0.3 is 10.4 Å². The lowest BCUT2D eigenvalue weighted by Gasteiger charge is -2.24. The first-order chi connectivity index (χ1) is 8.94. The Hall–Kier alpha value is -1.13. The molecule has 1 aliphatic carbocycles. The molecule has 0 aromatic heterocycles. The van der Waals surface area contributed by atoms with Crippen LogP contribution in [0.1, 0.15) is 44.2 Å². The minimum Gasteiger partial charge on any atom is -0.380 e. The van der Waals surface area contributed by atoms with Gasteiger partial charge in [-0.05, 0) is 44.7 Å². The van der Waals surface area contributed by atoms with Crippen LogP contribution in [0.3, 0.4) is 0 Å². The third-order valence-corrected chi connectivity index (χ3v) is 3.96. The van der Waals surface area contributed by atoms with E-state index in [9.17, 15) is 14.3 Å². The molecule has 0 spiro atoms. The molecule has 0 heterocycles. The second kappa shape index (κ2) is 5.47. The molecule has 1 amide bonds. The summed E-state index contributed by atoms with van der Waals surface area (Å²) in [7, 11) is 0. The second-order valence-corrected chi connectivity index (χ2v) is 5.48. The summed E-state index contributed by atoms with van der Waals surface area (Å²) in [4.78, 5) is 12.0. The number of nitrogens with one attached hydrogen (secondary N) is 1. The van der Waals surface area contributed by atoms with E-state index in [0.717, 1.165) is 12.8 Å². The van der Waals surface area contributed by atoms with E-state index in [0.29, 0.717) is 12.8 Å². The van der Waals surface area contributed by atoms with Gasteiger partial charge in [0.25, 0.3) is 5.91 Å². The molecule has 0 saturated heterocycles. The van der Waals surface area contributed by atoms with Gasteiger partial charge in [0.2, 0.25) is 0 Å². The maximum Gasteiger partial charge on any atom is 0.252 e. The van der Waals surface area contributed by atoms with Crippen molar-refractivity contribution in [2.75, 3.05) is 0 Å². The molecule has 1 unspecified atom stereocenters. The van der Waals surface area contributed by atoms with E-state index in [4.69, 9.17) is 11.6 Å². The fourth-order valence-corrected chi connectivity index (χ4v) is 2.84. The van der Waals surface area contributed by atoms with Gasteiger partial charge in [-0.3, -0.25) is 4.79 Å². The third-order valence-electron chi connectivity index (χ3n) is 3.63. The minimum atomic E-state index is -1.31. The van der Waals surface area contributed by atoms with Gasteiger partial charge in [-0.15, -0.1) is 0 Å². The molecule has 1 aromatic carbocycles. The van der Waals surface area contributed by atoms with Crippen molar-refractivity contribution < 1.29 is 14.3 Å². The van der Waals surface area contributed by atoms with Crippen LogP contribution in [0.5, 0.6) is 0 Å². The van der Waals surface area contributed by atoms with E-state index in [-0.39, 0.29) is 10.6 Å². The van der Waals surface area contributed by atoms with Gasteiger partial charge >= 0.3 is 0 Å². The van der Waals surface area contributed by atoms with Crippen LogP contribution in [0.15, 0.2) is 18.2 Å². The summed E-state index contributed by atoms with van der Waals surface area (Å²) in [6.45, 7) is 1.65. The van der Waals surface area contributed by atoms with E-state index in [1.807, 2.05) is 0 Å². The fraction of sp³-hybridized carbons (Fsp3) is 0.500. The number of halogens is 2. The first kappa shape index (κ1) is 14.3. The molecule has 1 atom stereocenters. The Labute approximate surface area is 116 Å². The zero-order valence-corrected chi connectivity index (χ0v) is 11.5. The Morgan fingerprint density at radius 1 is 1.47 bits per heavy atom. The van der Waals surface area contributed by atoms with Gasteiger partial charge in [0.05, 0.1) is 6.04 Å². The molecule has 104 valence electrons. The minimum absolute atomic E-state index is 0.249. The molecule has 3 nitrogen and oxygen atoms in total. The molecule has 0 aliphatic heterocycles. The topological polar surface area (TPSA) is 49.3 Å². The largest absolute Gasteiger partial charge is 0.380 e. The zero-order chi connectivity index (χ0) is 14.0. The van der Waals surface area contributed by atoms with Crippen LogP contribution < -0.4 is 5.32 Å². The maximum absolute atomic E-state index is 13.7. The molecule has 0 radical (unpaired) electrons. The van der Waals surface area contributed by atoms with Crippen LogP contribution in [-0.2, 0) is 4.79 Å². The Morgan fingerprint density at radius 2 is 2.11 bits per heavy atom. The highest BCUT2D eigenvalue weighted by molar-refractivity contribution is 6.31. The molecule has 1 aliphatic rings. The van der Waals surface area contributed by atoms with Crippen molar-refractivity contribution >= 4 is 17.5 Å². The zero-order valence-electron chi connectivity index (χ0n) is 10.7. The smallest absolute Gasteiger partial charge is 0.252 e. The van der Waals surface area contributed by atoms with Crippen molar-refractivity contribution in [2.24, 2.45) is 0 Å². The molecule has 5 heteroatoms. The summed E-state index contributed by atoms with van der Waals surface area (Å²) < 4.78 is 13.7. The maximum atomic E-state index is 13.7. The SMILES string of the molecule is CC(NC(=O)C1(O)CCCC1)c1c(F)cccc1Cl. The number of rotatable bonds is 3. The Morgan fingerprint density at radius 3 is 2.68 bits per heavy atom. The molecule has 0 bridgehead atoms. The lowest BCUT2D eigenvalue weighted by Crippen LogP contribution is -2.45. The fourth-order valence-electron chi connectivity index (χ4n) is 2.51. The Bertz CT molecular complexity index is 466. The molecule has 19 heavy (non-hydrogen) atoms. The lowest BCUT2D eigenvalue weighted by molar-refractivity contribution is -0.139. The highest BCUT2D eigenvalue weighted by Gasteiger charge is 2.39. The van der Waals surface area contributed by atoms with Crippen molar-refractivity contribution in [1.82, 2.24) is 5.32 Å². The standard InChI is InChI=1S/C14H17ClFNO2/c1-9(12-10(15)5-4-6-11(12)16)17-13(18)14(19)7-2-3-8-14/h4-6,9,19H,2-3,7-8H2,1H3,(H,17,18). The summed E-state index contributed by atoms with van der Waals surface area (Å²) in [5.41, 5.74) is -1.06. The molecular weight excluding hydrogens is 269 g/mol. The van der Waals surface area contributed by atoms with Gasteiger partial charge in [0.1, 0.15) is 11.4 Å². The average Bonchev–Trinajstić information content (AvgIpc) is 2.77. The number of benzene rings is 1. The number of hydrogen-bond acceptors (Lipinski definition) is 2. The molecule has 1 saturated carbocycles. The predicted octanol–water partition coefficient (Wildman–Crippen LogP) is 2.96. The molecule has 2 N–H and O–H groups in total. The number of carbonyl (C=O) groups excluding carboxylic acids is 1. The van der Waals surface area contributed by atoms with Crippen LogP contribution in [0.25, 0.3) is 0 Å². The van der Waals surface area contributed by atoms with Gasteiger partial charge in [-0.2, -0.15) is 0 Å². The average molecular weight is 286 g/mol. The first-order valence-corrected chi connectivity index (χ1v) is 6.79. The molecule has 1 fully saturated rings. The van der Waals surface area contributed by atoms with Crippen LogP contribution in [0, 0.1) is 5.82 Å². The van der Waals surface area contributed by atoms with Gasteiger partial charge in [0.15, 0.2) is 0 Å². The Kier molecular flexibility index (Phi) is 4.11.